The molecule has 5 nitrogen and oxygen atoms in total. The van der Waals surface area contributed by atoms with Crippen LogP contribution in [0.5, 0.6) is 0 Å². The van der Waals surface area contributed by atoms with E-state index in [0.29, 0.717) is 24.6 Å². The maximum atomic E-state index is 13.6. The predicted molar refractivity (Wildman–Crippen MR) is 115 cm³/mol. The Morgan fingerprint density at radius 1 is 0.968 bits per heavy atom. The van der Waals surface area contributed by atoms with Gasteiger partial charge >= 0.3 is 6.18 Å². The van der Waals surface area contributed by atoms with Crippen LogP contribution in [0.1, 0.15) is 11.1 Å². The van der Waals surface area contributed by atoms with E-state index >= 15 is 0 Å². The summed E-state index contributed by atoms with van der Waals surface area (Å²) in [5.41, 5.74) is -0.580. The average Bonchev–Trinajstić information content (AvgIpc) is 2.70. The molecule has 0 aromatic heterocycles. The lowest BCUT2D eigenvalue weighted by Crippen LogP contribution is -2.42. The molecule has 0 aliphatic heterocycles. The van der Waals surface area contributed by atoms with Crippen molar-refractivity contribution in [3.63, 3.8) is 0 Å². The van der Waals surface area contributed by atoms with Crippen LogP contribution in [0, 0.1) is 17.5 Å². The highest BCUT2D eigenvalue weighted by molar-refractivity contribution is 14.0. The Morgan fingerprint density at radius 3 is 2.19 bits per heavy atom. The molecule has 0 atom stereocenters. The molecule has 0 saturated carbocycles. The third-order valence-electron chi connectivity index (χ3n) is 3.94. The summed E-state index contributed by atoms with van der Waals surface area (Å²) in [7, 11) is 1.43. The number of rotatable bonds is 6. The van der Waals surface area contributed by atoms with Gasteiger partial charge in [-0.25, -0.2) is 13.2 Å². The Hall–Kier alpha value is -2.51. The van der Waals surface area contributed by atoms with E-state index < -0.39 is 40.8 Å². The fraction of sp³-hybridized carbons (Fsp3) is 0.263. The number of benzene rings is 2. The van der Waals surface area contributed by atoms with E-state index in [9.17, 15) is 31.1 Å². The summed E-state index contributed by atoms with van der Waals surface area (Å²) in [5.74, 6) is -5.10. The van der Waals surface area contributed by atoms with E-state index in [1.54, 1.807) is 0 Å². The summed E-state index contributed by atoms with van der Waals surface area (Å²) < 4.78 is 77.3. The van der Waals surface area contributed by atoms with Gasteiger partial charge in [0.15, 0.2) is 23.4 Å². The van der Waals surface area contributed by atoms with Gasteiger partial charge in [0.1, 0.15) is 0 Å². The van der Waals surface area contributed by atoms with Gasteiger partial charge in [-0.1, -0.05) is 12.1 Å². The van der Waals surface area contributed by atoms with Crippen molar-refractivity contribution < 1.29 is 31.1 Å². The zero-order chi connectivity index (χ0) is 22.3. The number of carbonyl (C=O) groups excluding carboxylic acids is 1. The molecule has 0 radical (unpaired) electrons. The fourth-order valence-electron chi connectivity index (χ4n) is 2.39. The number of alkyl halides is 3. The number of aliphatic imine (C=N–C) groups is 1. The second kappa shape index (κ2) is 11.8. The molecule has 2 aromatic carbocycles. The van der Waals surface area contributed by atoms with Gasteiger partial charge < -0.3 is 16.0 Å². The number of halogens is 7. The van der Waals surface area contributed by atoms with Crippen molar-refractivity contribution in [2.45, 2.75) is 12.6 Å². The quantitative estimate of drug-likeness (QED) is 0.164. The third kappa shape index (κ3) is 7.92. The fourth-order valence-corrected chi connectivity index (χ4v) is 2.39. The van der Waals surface area contributed by atoms with Crippen LogP contribution in [0.15, 0.2) is 41.4 Å². The van der Waals surface area contributed by atoms with Crippen molar-refractivity contribution in [1.82, 2.24) is 10.6 Å². The second-order valence-electron chi connectivity index (χ2n) is 6.07. The van der Waals surface area contributed by atoms with E-state index in [2.05, 4.69) is 20.9 Å². The first-order valence-corrected chi connectivity index (χ1v) is 8.66. The Morgan fingerprint density at radius 2 is 1.61 bits per heavy atom. The van der Waals surface area contributed by atoms with Gasteiger partial charge in [-0.05, 0) is 36.2 Å². The van der Waals surface area contributed by atoms with Crippen LogP contribution in [-0.2, 0) is 17.4 Å². The zero-order valence-electron chi connectivity index (χ0n) is 16.1. The normalized spacial score (nSPS) is 11.5. The minimum atomic E-state index is -4.40. The minimum absolute atomic E-state index is 0. The maximum Gasteiger partial charge on any atom is 0.416 e. The largest absolute Gasteiger partial charge is 0.416 e. The molecule has 31 heavy (non-hydrogen) atoms. The van der Waals surface area contributed by atoms with Gasteiger partial charge in [-0.2, -0.15) is 13.2 Å². The number of nitrogens with one attached hydrogen (secondary N) is 3. The molecule has 0 saturated heterocycles. The van der Waals surface area contributed by atoms with Gasteiger partial charge in [0.25, 0.3) is 0 Å². The topological polar surface area (TPSA) is 65.5 Å². The Balaban J connectivity index is 0.00000480. The molecule has 2 aromatic rings. The molecule has 3 N–H and O–H groups in total. The molecular formula is C19H19F6IN4O. The smallest absolute Gasteiger partial charge is 0.356 e. The number of anilines is 1. The Bertz CT molecular complexity index is 919. The van der Waals surface area contributed by atoms with Crippen molar-refractivity contribution >= 4 is 41.5 Å². The number of nitrogens with zero attached hydrogens (tertiary/aromatic N) is 1. The highest BCUT2D eigenvalue weighted by Crippen LogP contribution is 2.29. The summed E-state index contributed by atoms with van der Waals surface area (Å²) in [5, 5.41) is 7.60. The van der Waals surface area contributed by atoms with Crippen molar-refractivity contribution in [3.05, 3.63) is 65.0 Å². The number of amides is 1. The Labute approximate surface area is 191 Å². The molecule has 0 spiro atoms. The van der Waals surface area contributed by atoms with Crippen LogP contribution in [-0.4, -0.2) is 32.0 Å². The molecule has 2 rings (SSSR count). The molecule has 0 aliphatic rings. The molecule has 12 heteroatoms. The minimum Gasteiger partial charge on any atom is -0.356 e. The lowest BCUT2D eigenvalue weighted by atomic mass is 10.1. The first-order valence-electron chi connectivity index (χ1n) is 8.66. The molecular weight excluding hydrogens is 541 g/mol. The first kappa shape index (κ1) is 26.5. The van der Waals surface area contributed by atoms with Gasteiger partial charge in [-0.3, -0.25) is 9.79 Å². The predicted octanol–water partition coefficient (Wildman–Crippen LogP) is 4.09. The van der Waals surface area contributed by atoms with Gasteiger partial charge in [0.2, 0.25) is 5.91 Å². The molecule has 0 aliphatic carbocycles. The molecule has 0 heterocycles. The van der Waals surface area contributed by atoms with E-state index in [-0.39, 0.29) is 36.5 Å². The van der Waals surface area contributed by atoms with E-state index in [1.807, 2.05) is 0 Å². The van der Waals surface area contributed by atoms with Crippen LogP contribution in [0.4, 0.5) is 32.0 Å². The van der Waals surface area contributed by atoms with Crippen molar-refractivity contribution in [1.29, 1.82) is 0 Å². The van der Waals surface area contributed by atoms with Crippen molar-refractivity contribution in [2.75, 3.05) is 25.5 Å². The molecule has 0 unspecified atom stereocenters. The zero-order valence-corrected chi connectivity index (χ0v) is 18.4. The number of hydrogen-bond acceptors (Lipinski definition) is 2. The van der Waals surface area contributed by atoms with Gasteiger partial charge in [-0.15, -0.1) is 24.0 Å². The second-order valence-corrected chi connectivity index (χ2v) is 6.07. The molecule has 0 bridgehead atoms. The lowest BCUT2D eigenvalue weighted by molar-refractivity contribution is -0.137. The van der Waals surface area contributed by atoms with Gasteiger partial charge in [0.05, 0.1) is 17.8 Å². The van der Waals surface area contributed by atoms with E-state index in [1.165, 1.54) is 19.2 Å². The summed E-state index contributed by atoms with van der Waals surface area (Å²) in [6.45, 7) is -0.0388. The molecule has 1 amide bonds. The lowest BCUT2D eigenvalue weighted by Gasteiger charge is -2.13. The molecule has 0 fully saturated rings. The summed E-state index contributed by atoms with van der Waals surface area (Å²) >= 11 is 0. The van der Waals surface area contributed by atoms with E-state index in [4.69, 9.17) is 0 Å². The summed E-state index contributed by atoms with van der Waals surface area (Å²) in [6.07, 6.45) is -4.00. The highest BCUT2D eigenvalue weighted by Gasteiger charge is 2.29. The first-order chi connectivity index (χ1) is 14.1. The SMILES string of the molecule is CN=C(NCCc1ccc(C(F)(F)F)cc1)NCC(=O)Nc1ccc(F)c(F)c1F.I. The van der Waals surface area contributed by atoms with Crippen LogP contribution in [0.25, 0.3) is 0 Å². The van der Waals surface area contributed by atoms with Crippen molar-refractivity contribution in [3.8, 4) is 0 Å². The number of carbonyl (C=O) groups is 1. The van der Waals surface area contributed by atoms with Crippen LogP contribution in [0.3, 0.4) is 0 Å². The summed E-state index contributed by atoms with van der Waals surface area (Å²) in [6, 6.07) is 6.29. The Kier molecular flexibility index (Phi) is 10.1. The highest BCUT2D eigenvalue weighted by atomic mass is 127. The van der Waals surface area contributed by atoms with Gasteiger partial charge in [0, 0.05) is 13.6 Å². The van der Waals surface area contributed by atoms with Crippen molar-refractivity contribution in [2.24, 2.45) is 4.99 Å². The standard InChI is InChI=1S/C19H18F6N4O.HI/c1-26-18(27-9-8-11-2-4-12(5-3-11)19(23,24)25)28-10-15(30)29-14-7-6-13(20)16(21)17(14)22;/h2-7H,8-10H2,1H3,(H,29,30)(H2,26,27,28);1H. The van der Waals surface area contributed by atoms with Crippen LogP contribution < -0.4 is 16.0 Å². The monoisotopic (exact) mass is 560 g/mol. The molecule has 170 valence electrons. The third-order valence-corrected chi connectivity index (χ3v) is 3.94. The number of hydrogen-bond donors (Lipinski definition) is 3. The number of guanidine groups is 1. The maximum absolute atomic E-state index is 13.6. The van der Waals surface area contributed by atoms with Crippen LogP contribution >= 0.6 is 24.0 Å². The van der Waals surface area contributed by atoms with Crippen LogP contribution in [0.2, 0.25) is 0 Å². The summed E-state index contributed by atoms with van der Waals surface area (Å²) in [4.78, 5) is 15.7. The van der Waals surface area contributed by atoms with E-state index in [0.717, 1.165) is 18.2 Å². The average molecular weight is 560 g/mol.